The summed E-state index contributed by atoms with van der Waals surface area (Å²) in [6.45, 7) is 6.25. The molecule has 202 valence electrons. The summed E-state index contributed by atoms with van der Waals surface area (Å²) in [4.78, 5) is 29.5. The summed E-state index contributed by atoms with van der Waals surface area (Å²) in [5, 5.41) is 25.2. The predicted octanol–water partition coefficient (Wildman–Crippen LogP) is 3.22. The second-order valence-corrected chi connectivity index (χ2v) is 9.31. The van der Waals surface area contributed by atoms with Crippen molar-refractivity contribution in [1.82, 2.24) is 19.9 Å². The van der Waals surface area contributed by atoms with E-state index in [1.807, 2.05) is 31.2 Å². The maximum absolute atomic E-state index is 11.3. The van der Waals surface area contributed by atoms with Crippen LogP contribution in [-0.4, -0.2) is 82.4 Å². The van der Waals surface area contributed by atoms with Crippen LogP contribution in [0.1, 0.15) is 18.9 Å². The van der Waals surface area contributed by atoms with Crippen molar-refractivity contribution in [3.8, 4) is 11.5 Å². The number of hydrogen-bond donors (Lipinski definition) is 4. The summed E-state index contributed by atoms with van der Waals surface area (Å²) in [7, 11) is 2.10. The first-order valence-electron chi connectivity index (χ1n) is 12.8. The Kier molecular flexibility index (Phi) is 9.15. The number of ether oxygens (including phenoxy) is 1. The molecule has 1 aromatic heterocycles. The van der Waals surface area contributed by atoms with Crippen LogP contribution >= 0.6 is 0 Å². The number of anilines is 4. The van der Waals surface area contributed by atoms with Gasteiger partial charge in [0.25, 0.3) is 0 Å². The zero-order valence-corrected chi connectivity index (χ0v) is 21.8. The number of phenolic OH excluding ortho intramolecular Hbond substituents is 1. The first-order valence-corrected chi connectivity index (χ1v) is 12.8. The van der Waals surface area contributed by atoms with E-state index in [4.69, 9.17) is 4.74 Å². The van der Waals surface area contributed by atoms with E-state index in [1.165, 1.54) is 0 Å². The minimum absolute atomic E-state index is 0.187. The monoisotopic (exact) mass is 521 g/mol. The topological polar surface area (TPSA) is 136 Å². The molecule has 1 aliphatic rings. The van der Waals surface area contributed by atoms with Gasteiger partial charge < -0.3 is 35.4 Å². The minimum Gasteiger partial charge on any atom is -0.508 e. The first kappa shape index (κ1) is 26.9. The van der Waals surface area contributed by atoms with Gasteiger partial charge in [0, 0.05) is 31.9 Å². The predicted molar refractivity (Wildman–Crippen MR) is 146 cm³/mol. The number of benzene rings is 2. The van der Waals surface area contributed by atoms with E-state index >= 15 is 0 Å². The fourth-order valence-electron chi connectivity index (χ4n) is 4.07. The van der Waals surface area contributed by atoms with Crippen LogP contribution in [0, 0.1) is 5.92 Å². The van der Waals surface area contributed by atoms with E-state index < -0.39 is 5.97 Å². The zero-order chi connectivity index (χ0) is 26.9. The fourth-order valence-corrected chi connectivity index (χ4v) is 4.07. The molecule has 3 aromatic rings. The van der Waals surface area contributed by atoms with Gasteiger partial charge in [-0.05, 0) is 61.9 Å². The van der Waals surface area contributed by atoms with Gasteiger partial charge in [-0.15, -0.1) is 0 Å². The van der Waals surface area contributed by atoms with E-state index in [0.717, 1.165) is 37.4 Å². The van der Waals surface area contributed by atoms with Crippen molar-refractivity contribution in [2.45, 2.75) is 19.8 Å². The first-order chi connectivity index (χ1) is 18.4. The molecule has 0 bridgehead atoms. The highest BCUT2D eigenvalue weighted by Gasteiger charge is 2.19. The summed E-state index contributed by atoms with van der Waals surface area (Å²) < 4.78 is 5.85. The normalized spacial score (nSPS) is 14.6. The molecule has 1 saturated heterocycles. The van der Waals surface area contributed by atoms with Crippen LogP contribution in [0.3, 0.4) is 0 Å². The molecule has 38 heavy (non-hydrogen) atoms. The summed E-state index contributed by atoms with van der Waals surface area (Å²) in [6, 6.07) is 14.2. The number of aromatic hydroxyl groups is 1. The molecule has 0 saturated carbocycles. The minimum atomic E-state index is -0.769. The lowest BCUT2D eigenvalue weighted by Crippen LogP contribution is -2.45. The van der Waals surface area contributed by atoms with Crippen LogP contribution in [0.5, 0.6) is 11.5 Å². The van der Waals surface area contributed by atoms with Gasteiger partial charge in [0.1, 0.15) is 18.1 Å². The number of phenols is 1. The van der Waals surface area contributed by atoms with Crippen LogP contribution < -0.4 is 20.3 Å². The number of nitrogens with zero attached hydrogens (tertiary/aromatic N) is 5. The number of piperazine rings is 1. The van der Waals surface area contributed by atoms with Crippen LogP contribution in [0.25, 0.3) is 0 Å². The van der Waals surface area contributed by atoms with Gasteiger partial charge in [-0.2, -0.15) is 15.0 Å². The molecule has 0 spiro atoms. The molecule has 0 amide bonds. The number of likely N-dealkylation sites (N-methyl/N-ethyl adjacent to an activating group) is 1. The molecular weight excluding hydrogens is 486 g/mol. The average Bonchev–Trinajstić information content (AvgIpc) is 2.92. The third kappa shape index (κ3) is 7.69. The van der Waals surface area contributed by atoms with Crippen molar-refractivity contribution < 1.29 is 19.7 Å². The summed E-state index contributed by atoms with van der Waals surface area (Å²) >= 11 is 0. The van der Waals surface area contributed by atoms with E-state index in [2.05, 4.69) is 42.4 Å². The lowest BCUT2D eigenvalue weighted by Gasteiger charge is -2.32. The van der Waals surface area contributed by atoms with E-state index in [0.29, 0.717) is 49.6 Å². The highest BCUT2D eigenvalue weighted by atomic mass is 16.5. The number of carboxylic acids is 1. The lowest BCUT2D eigenvalue weighted by molar-refractivity contribution is -0.141. The lowest BCUT2D eigenvalue weighted by atomic mass is 9.97. The Morgan fingerprint density at radius 3 is 2.34 bits per heavy atom. The third-order valence-electron chi connectivity index (χ3n) is 6.43. The van der Waals surface area contributed by atoms with Gasteiger partial charge >= 0.3 is 5.97 Å². The van der Waals surface area contributed by atoms with Crippen molar-refractivity contribution in [3.05, 3.63) is 54.1 Å². The zero-order valence-electron chi connectivity index (χ0n) is 21.8. The quantitative estimate of drug-likeness (QED) is 0.207. The smallest absolute Gasteiger partial charge is 0.306 e. The Bertz CT molecular complexity index is 1180. The second-order valence-electron chi connectivity index (χ2n) is 9.31. The molecule has 2 aromatic carbocycles. The van der Waals surface area contributed by atoms with Gasteiger partial charge in [0.05, 0.1) is 12.5 Å². The number of aliphatic carboxylic acids is 1. The molecule has 11 heteroatoms. The number of aromatic nitrogens is 3. The van der Waals surface area contributed by atoms with Crippen LogP contribution in [0.4, 0.5) is 23.5 Å². The molecular formula is C27H35N7O4. The highest BCUT2D eigenvalue weighted by molar-refractivity contribution is 5.70. The molecule has 0 radical (unpaired) electrons. The number of hydrogen-bond acceptors (Lipinski definition) is 10. The molecule has 11 nitrogen and oxygen atoms in total. The van der Waals surface area contributed by atoms with Crippen molar-refractivity contribution in [1.29, 1.82) is 0 Å². The van der Waals surface area contributed by atoms with Gasteiger partial charge in [0.2, 0.25) is 17.8 Å². The molecule has 0 aliphatic carbocycles. The molecule has 1 fully saturated rings. The average molecular weight is 522 g/mol. The summed E-state index contributed by atoms with van der Waals surface area (Å²) in [6.07, 6.45) is 1.10. The molecule has 1 atom stereocenters. The van der Waals surface area contributed by atoms with Crippen LogP contribution in [-0.2, 0) is 11.2 Å². The highest BCUT2D eigenvalue weighted by Crippen LogP contribution is 2.21. The Morgan fingerprint density at radius 1 is 1.00 bits per heavy atom. The summed E-state index contributed by atoms with van der Waals surface area (Å²) in [5.41, 5.74) is 1.73. The van der Waals surface area contributed by atoms with Gasteiger partial charge in [0.15, 0.2) is 0 Å². The maximum atomic E-state index is 11.3. The number of rotatable bonds is 12. The SMILES string of the molecule is CCC(Cc1ccc(OCCNc2nc(Nc3ccc(O)cc3)nc(N3CCN(C)CC3)n2)cc1)C(=O)O. The second kappa shape index (κ2) is 12.9. The largest absolute Gasteiger partial charge is 0.508 e. The molecule has 1 unspecified atom stereocenters. The molecule has 2 heterocycles. The molecule has 1 aliphatic heterocycles. The summed E-state index contributed by atoms with van der Waals surface area (Å²) in [5.74, 6) is 1.19. The van der Waals surface area contributed by atoms with Crippen molar-refractivity contribution in [3.63, 3.8) is 0 Å². The van der Waals surface area contributed by atoms with Gasteiger partial charge in [-0.3, -0.25) is 4.79 Å². The van der Waals surface area contributed by atoms with Crippen molar-refractivity contribution >= 4 is 29.5 Å². The van der Waals surface area contributed by atoms with Crippen molar-refractivity contribution in [2.24, 2.45) is 5.92 Å². The third-order valence-corrected chi connectivity index (χ3v) is 6.43. The van der Waals surface area contributed by atoms with E-state index in [-0.39, 0.29) is 11.7 Å². The number of carboxylic acid groups (broad SMARTS) is 1. The van der Waals surface area contributed by atoms with Gasteiger partial charge in [-0.25, -0.2) is 0 Å². The molecule has 4 rings (SSSR count). The Morgan fingerprint density at radius 2 is 1.68 bits per heavy atom. The fraction of sp³-hybridized carbons (Fsp3) is 0.407. The number of carbonyl (C=O) groups is 1. The Hall–Kier alpha value is -4.12. The molecule has 4 N–H and O–H groups in total. The van der Waals surface area contributed by atoms with Crippen LogP contribution in [0.15, 0.2) is 48.5 Å². The number of nitrogens with one attached hydrogen (secondary N) is 2. The van der Waals surface area contributed by atoms with Crippen LogP contribution in [0.2, 0.25) is 0 Å². The van der Waals surface area contributed by atoms with Gasteiger partial charge in [-0.1, -0.05) is 19.1 Å². The maximum Gasteiger partial charge on any atom is 0.306 e. The Labute approximate surface area is 222 Å². The van der Waals surface area contributed by atoms with E-state index in [1.54, 1.807) is 24.3 Å². The van der Waals surface area contributed by atoms with Crippen molar-refractivity contribution in [2.75, 3.05) is 61.9 Å². The Balaban J connectivity index is 1.36. The van der Waals surface area contributed by atoms with E-state index in [9.17, 15) is 15.0 Å². The standard InChI is InChI=1S/C27H35N7O4/c1-3-20(24(36)37)18-19-4-10-23(11-5-19)38-17-12-28-25-30-26(29-21-6-8-22(35)9-7-21)32-27(31-25)34-15-13-33(2)14-16-34/h4-11,20,35H,3,12-18H2,1-2H3,(H,36,37)(H2,28,29,30,31,32).